The lowest BCUT2D eigenvalue weighted by atomic mass is 9.74. The zero-order chi connectivity index (χ0) is 18.8. The second kappa shape index (κ2) is 6.95. The van der Waals surface area contributed by atoms with E-state index in [1.807, 2.05) is 0 Å². The summed E-state index contributed by atoms with van der Waals surface area (Å²) in [4.78, 5) is 32.9. The van der Waals surface area contributed by atoms with Crippen LogP contribution in [0.2, 0.25) is 0 Å². The molecule has 0 bridgehead atoms. The number of carbonyl (C=O) groups is 2. The van der Waals surface area contributed by atoms with Gasteiger partial charge in [0.15, 0.2) is 0 Å². The van der Waals surface area contributed by atoms with Gasteiger partial charge in [-0.1, -0.05) is 13.8 Å². The van der Waals surface area contributed by atoms with Gasteiger partial charge in [0.25, 0.3) is 0 Å². The molecule has 0 spiro atoms. The first-order valence-electron chi connectivity index (χ1n) is 7.72. The van der Waals surface area contributed by atoms with E-state index in [0.29, 0.717) is 12.8 Å². The van der Waals surface area contributed by atoms with Gasteiger partial charge in [0.2, 0.25) is 21.4 Å². The third-order valence-corrected chi connectivity index (χ3v) is 5.95. The minimum Gasteiger partial charge on any atom is -0.468 e. The molecule has 1 aliphatic rings. The highest BCUT2D eigenvalue weighted by molar-refractivity contribution is 7.93. The highest BCUT2D eigenvalue weighted by atomic mass is 32.2. The number of ether oxygens (including phenoxy) is 2. The maximum Gasteiger partial charge on any atom is 0.329 e. The van der Waals surface area contributed by atoms with E-state index in [-0.39, 0.29) is 11.6 Å². The van der Waals surface area contributed by atoms with Gasteiger partial charge >= 0.3 is 11.9 Å². The first-order chi connectivity index (χ1) is 11.7. The average Bonchev–Trinajstić information content (AvgIpc) is 3.40. The third-order valence-electron chi connectivity index (χ3n) is 4.14. The van der Waals surface area contributed by atoms with Crippen molar-refractivity contribution in [3.8, 4) is 0 Å². The summed E-state index contributed by atoms with van der Waals surface area (Å²) in [6.07, 6.45) is 2.43. The first kappa shape index (κ1) is 19.1. The minimum absolute atomic E-state index is 0.00435. The van der Waals surface area contributed by atoms with Crippen LogP contribution in [0.4, 0.5) is 5.95 Å². The average molecular weight is 371 g/mol. The van der Waals surface area contributed by atoms with Crippen molar-refractivity contribution in [3.05, 3.63) is 18.0 Å². The largest absolute Gasteiger partial charge is 0.468 e. The fourth-order valence-corrected chi connectivity index (χ4v) is 3.87. The lowest BCUT2D eigenvalue weighted by Crippen LogP contribution is -2.50. The van der Waals surface area contributed by atoms with Crippen LogP contribution in [-0.2, 0) is 34.5 Å². The van der Waals surface area contributed by atoms with Gasteiger partial charge in [0.05, 0.1) is 25.2 Å². The van der Waals surface area contributed by atoms with Gasteiger partial charge in [-0.3, -0.25) is 14.3 Å². The van der Waals surface area contributed by atoms with Gasteiger partial charge < -0.3 is 9.47 Å². The molecule has 0 aromatic carbocycles. The van der Waals surface area contributed by atoms with Crippen LogP contribution >= 0.6 is 0 Å². The van der Waals surface area contributed by atoms with Gasteiger partial charge in [0, 0.05) is 6.20 Å². The molecule has 1 N–H and O–H groups in total. The Morgan fingerprint density at radius 2 is 1.80 bits per heavy atom. The standard InChI is InChI=1S/C15H21N3O6S/c1-9(2)15(12(19)23-3,13(20)24-4)11-7-8-16-14(17-11)18-25(21,22)10-5-6-10/h7-10H,5-6H2,1-4H3,(H,16,17,18). The lowest BCUT2D eigenvalue weighted by Gasteiger charge is -2.31. The zero-order valence-corrected chi connectivity index (χ0v) is 15.3. The second-order valence-corrected chi connectivity index (χ2v) is 8.02. The summed E-state index contributed by atoms with van der Waals surface area (Å²) in [5.41, 5.74) is -1.82. The SMILES string of the molecule is COC(=O)C(C(=O)OC)(c1ccnc(NS(=O)(=O)C2CC2)n1)C(C)C. The Kier molecular flexibility index (Phi) is 5.31. The zero-order valence-electron chi connectivity index (χ0n) is 14.5. The number of carbonyl (C=O) groups excluding carboxylic acids is 2. The smallest absolute Gasteiger partial charge is 0.329 e. The van der Waals surface area contributed by atoms with Crippen molar-refractivity contribution >= 4 is 27.9 Å². The predicted octanol–water partition coefficient (Wildman–Crippen LogP) is 0.620. The van der Waals surface area contributed by atoms with Crippen molar-refractivity contribution in [2.75, 3.05) is 18.9 Å². The minimum atomic E-state index is -3.58. The molecule has 0 amide bonds. The van der Waals surface area contributed by atoms with Gasteiger partial charge in [-0.05, 0) is 24.8 Å². The fourth-order valence-electron chi connectivity index (χ4n) is 2.60. The van der Waals surface area contributed by atoms with Crippen LogP contribution in [0.3, 0.4) is 0 Å². The number of hydrogen-bond donors (Lipinski definition) is 1. The molecule has 1 aromatic rings. The molecule has 1 heterocycles. The molecular weight excluding hydrogens is 350 g/mol. The Balaban J connectivity index is 2.52. The normalized spacial score (nSPS) is 14.9. The number of nitrogens with one attached hydrogen (secondary N) is 1. The van der Waals surface area contributed by atoms with E-state index < -0.39 is 38.5 Å². The summed E-state index contributed by atoms with van der Waals surface area (Å²) in [7, 11) is -1.28. The number of esters is 2. The Morgan fingerprint density at radius 1 is 1.24 bits per heavy atom. The molecule has 0 atom stereocenters. The second-order valence-electron chi connectivity index (χ2n) is 6.06. The van der Waals surface area contributed by atoms with Gasteiger partial charge in [-0.15, -0.1) is 0 Å². The Labute approximate surface area is 146 Å². The summed E-state index contributed by atoms with van der Waals surface area (Å²) >= 11 is 0. The number of anilines is 1. The Morgan fingerprint density at radius 3 is 2.24 bits per heavy atom. The highest BCUT2D eigenvalue weighted by Crippen LogP contribution is 2.35. The molecule has 1 fully saturated rings. The molecule has 0 aliphatic heterocycles. The summed E-state index contributed by atoms with van der Waals surface area (Å²) in [5.74, 6) is -2.45. The van der Waals surface area contributed by atoms with E-state index in [1.54, 1.807) is 13.8 Å². The molecule has 10 heteroatoms. The molecule has 25 heavy (non-hydrogen) atoms. The summed E-state index contributed by atoms with van der Waals surface area (Å²) in [6, 6.07) is 1.36. The molecule has 1 saturated carbocycles. The molecule has 1 aliphatic carbocycles. The van der Waals surface area contributed by atoms with E-state index in [1.165, 1.54) is 12.3 Å². The number of methoxy groups -OCH3 is 2. The van der Waals surface area contributed by atoms with Crippen LogP contribution in [-0.4, -0.2) is 49.8 Å². The topological polar surface area (TPSA) is 125 Å². The van der Waals surface area contributed by atoms with Gasteiger partial charge in [-0.25, -0.2) is 18.4 Å². The van der Waals surface area contributed by atoms with Crippen LogP contribution < -0.4 is 4.72 Å². The Bertz CT molecular complexity index is 757. The summed E-state index contributed by atoms with van der Waals surface area (Å²) in [6.45, 7) is 3.29. The van der Waals surface area contributed by atoms with Crippen molar-refractivity contribution in [2.45, 2.75) is 37.4 Å². The number of rotatable bonds is 7. The maximum atomic E-state index is 12.5. The number of sulfonamides is 1. The molecule has 138 valence electrons. The van der Waals surface area contributed by atoms with E-state index >= 15 is 0 Å². The number of aromatic nitrogens is 2. The van der Waals surface area contributed by atoms with Crippen molar-refractivity contribution in [1.82, 2.24) is 9.97 Å². The maximum absolute atomic E-state index is 12.5. The van der Waals surface area contributed by atoms with Crippen LogP contribution in [0.1, 0.15) is 32.4 Å². The van der Waals surface area contributed by atoms with Crippen LogP contribution in [0, 0.1) is 5.92 Å². The van der Waals surface area contributed by atoms with Gasteiger partial charge in [-0.2, -0.15) is 0 Å². The van der Waals surface area contributed by atoms with Crippen molar-refractivity contribution in [2.24, 2.45) is 5.92 Å². The van der Waals surface area contributed by atoms with Crippen LogP contribution in [0.5, 0.6) is 0 Å². The highest BCUT2D eigenvalue weighted by Gasteiger charge is 2.54. The monoisotopic (exact) mass is 371 g/mol. The molecule has 2 rings (SSSR count). The first-order valence-corrected chi connectivity index (χ1v) is 9.26. The van der Waals surface area contributed by atoms with Crippen LogP contribution in [0.15, 0.2) is 12.3 Å². The van der Waals surface area contributed by atoms with E-state index in [2.05, 4.69) is 14.7 Å². The molecule has 0 unspecified atom stereocenters. The summed E-state index contributed by atoms with van der Waals surface area (Å²) in [5, 5.41) is -0.462. The number of nitrogens with zero attached hydrogens (tertiary/aromatic N) is 2. The molecule has 0 radical (unpaired) electrons. The number of hydrogen-bond acceptors (Lipinski definition) is 8. The van der Waals surface area contributed by atoms with Crippen molar-refractivity contribution in [1.29, 1.82) is 0 Å². The predicted molar refractivity (Wildman–Crippen MR) is 88.1 cm³/mol. The Hall–Kier alpha value is -2.23. The van der Waals surface area contributed by atoms with E-state index in [9.17, 15) is 18.0 Å². The molecular formula is C15H21N3O6S. The quantitative estimate of drug-likeness (QED) is 0.546. The molecule has 1 aromatic heterocycles. The van der Waals surface area contributed by atoms with Crippen LogP contribution in [0.25, 0.3) is 0 Å². The van der Waals surface area contributed by atoms with Crippen molar-refractivity contribution < 1.29 is 27.5 Å². The third kappa shape index (κ3) is 3.44. The summed E-state index contributed by atoms with van der Waals surface area (Å²) < 4.78 is 36.0. The van der Waals surface area contributed by atoms with E-state index in [4.69, 9.17) is 9.47 Å². The lowest BCUT2D eigenvalue weighted by molar-refractivity contribution is -0.165. The molecule has 0 saturated heterocycles. The van der Waals surface area contributed by atoms with E-state index in [0.717, 1.165) is 14.2 Å². The fraction of sp³-hybridized carbons (Fsp3) is 0.600. The van der Waals surface area contributed by atoms with Crippen molar-refractivity contribution in [3.63, 3.8) is 0 Å². The van der Waals surface area contributed by atoms with Gasteiger partial charge in [0.1, 0.15) is 0 Å². The molecule has 9 nitrogen and oxygen atoms in total.